The maximum atomic E-state index is 11.8. The third-order valence-electron chi connectivity index (χ3n) is 3.64. The van der Waals surface area contributed by atoms with Gasteiger partial charge in [-0.05, 0) is 23.1 Å². The van der Waals surface area contributed by atoms with E-state index in [1.807, 2.05) is 17.0 Å². The largest absolute Gasteiger partial charge is 0.493 e. The minimum absolute atomic E-state index is 0.220. The fourth-order valence-electron chi connectivity index (χ4n) is 2.67. The van der Waals surface area contributed by atoms with Crippen LogP contribution in [-0.4, -0.2) is 29.8 Å². The number of carbonyl (C=O) groups excluding carboxylic acids is 1. The van der Waals surface area contributed by atoms with Gasteiger partial charge in [0.1, 0.15) is 5.75 Å². The van der Waals surface area contributed by atoms with Gasteiger partial charge in [-0.2, -0.15) is 0 Å². The molecule has 1 aromatic rings. The highest BCUT2D eigenvalue weighted by molar-refractivity contribution is 6.18. The summed E-state index contributed by atoms with van der Waals surface area (Å²) in [6, 6.07) is 6.21. The van der Waals surface area contributed by atoms with Gasteiger partial charge in [-0.3, -0.25) is 4.79 Å². The second kappa shape index (κ2) is 4.81. The van der Waals surface area contributed by atoms with Crippen LogP contribution in [0.2, 0.25) is 0 Å². The number of rotatable bonds is 3. The minimum Gasteiger partial charge on any atom is -0.493 e. The highest BCUT2D eigenvalue weighted by Crippen LogP contribution is 2.27. The van der Waals surface area contributed by atoms with Crippen molar-refractivity contribution in [1.82, 2.24) is 4.90 Å². The fourth-order valence-corrected chi connectivity index (χ4v) is 2.88. The molecule has 2 aliphatic heterocycles. The van der Waals surface area contributed by atoms with E-state index in [1.165, 1.54) is 11.1 Å². The molecule has 4 heteroatoms. The Bertz CT molecular complexity index is 475. The number of alkyl halides is 1. The summed E-state index contributed by atoms with van der Waals surface area (Å²) in [4.78, 5) is 13.7. The molecule has 0 aliphatic carbocycles. The number of hydrogen-bond donors (Lipinski definition) is 0. The number of hydrogen-bond acceptors (Lipinski definition) is 2. The Balaban J connectivity index is 1.71. The van der Waals surface area contributed by atoms with Crippen LogP contribution < -0.4 is 4.74 Å². The van der Waals surface area contributed by atoms with Crippen molar-refractivity contribution in [2.45, 2.75) is 19.4 Å². The lowest BCUT2D eigenvalue weighted by atomic mass is 10.1. The summed E-state index contributed by atoms with van der Waals surface area (Å²) in [6.45, 7) is 2.26. The van der Waals surface area contributed by atoms with Gasteiger partial charge in [0.25, 0.3) is 0 Å². The van der Waals surface area contributed by atoms with Gasteiger partial charge in [0.15, 0.2) is 0 Å². The monoisotopic (exact) mass is 265 g/mol. The molecule has 0 bridgehead atoms. The molecular weight excluding hydrogens is 250 g/mol. The lowest BCUT2D eigenvalue weighted by molar-refractivity contribution is -0.128. The summed E-state index contributed by atoms with van der Waals surface area (Å²) in [5.74, 6) is 2.10. The van der Waals surface area contributed by atoms with E-state index in [1.54, 1.807) is 0 Å². The average molecular weight is 266 g/mol. The zero-order valence-electron chi connectivity index (χ0n) is 10.2. The van der Waals surface area contributed by atoms with E-state index in [-0.39, 0.29) is 5.91 Å². The number of nitrogens with zero attached hydrogens (tertiary/aromatic N) is 1. The van der Waals surface area contributed by atoms with Crippen molar-refractivity contribution >= 4 is 17.5 Å². The van der Waals surface area contributed by atoms with E-state index in [0.29, 0.717) is 24.8 Å². The first-order valence-electron chi connectivity index (χ1n) is 6.34. The van der Waals surface area contributed by atoms with Crippen LogP contribution in [0.15, 0.2) is 18.2 Å². The van der Waals surface area contributed by atoms with Crippen LogP contribution in [0.25, 0.3) is 0 Å². The summed E-state index contributed by atoms with van der Waals surface area (Å²) < 4.78 is 5.48. The molecule has 0 N–H and O–H groups in total. The standard InChI is InChI=1S/C14H16ClNO2/c15-7-11-6-14(17)16(9-11)8-10-1-2-13-12(5-10)3-4-18-13/h1-2,5,11H,3-4,6-9H2. The highest BCUT2D eigenvalue weighted by Gasteiger charge is 2.28. The van der Waals surface area contributed by atoms with E-state index in [0.717, 1.165) is 25.3 Å². The van der Waals surface area contributed by atoms with Crippen LogP contribution in [0, 0.1) is 5.92 Å². The van der Waals surface area contributed by atoms with E-state index in [4.69, 9.17) is 16.3 Å². The molecule has 0 saturated carbocycles. The van der Waals surface area contributed by atoms with Gasteiger partial charge in [0.05, 0.1) is 6.61 Å². The number of halogens is 1. The van der Waals surface area contributed by atoms with Gasteiger partial charge >= 0.3 is 0 Å². The summed E-state index contributed by atoms with van der Waals surface area (Å²) >= 11 is 5.82. The third-order valence-corrected chi connectivity index (χ3v) is 4.08. The molecule has 1 fully saturated rings. The second-order valence-electron chi connectivity index (χ2n) is 5.04. The van der Waals surface area contributed by atoms with Gasteiger partial charge in [-0.1, -0.05) is 12.1 Å². The van der Waals surface area contributed by atoms with Crippen molar-refractivity contribution in [3.05, 3.63) is 29.3 Å². The van der Waals surface area contributed by atoms with Crippen LogP contribution in [0.3, 0.4) is 0 Å². The zero-order chi connectivity index (χ0) is 12.5. The van der Waals surface area contributed by atoms with Crippen molar-refractivity contribution in [1.29, 1.82) is 0 Å². The van der Waals surface area contributed by atoms with Gasteiger partial charge in [-0.15, -0.1) is 11.6 Å². The topological polar surface area (TPSA) is 29.5 Å². The molecule has 1 amide bonds. The lowest BCUT2D eigenvalue weighted by Gasteiger charge is -2.16. The lowest BCUT2D eigenvalue weighted by Crippen LogP contribution is -2.24. The average Bonchev–Trinajstić information content (AvgIpc) is 2.96. The molecule has 2 aliphatic rings. The normalized spacial score (nSPS) is 22.2. The molecule has 0 aromatic heterocycles. The number of fused-ring (bicyclic) bond motifs is 1. The van der Waals surface area contributed by atoms with Gasteiger partial charge in [0, 0.05) is 31.8 Å². The van der Waals surface area contributed by atoms with Crippen molar-refractivity contribution < 1.29 is 9.53 Å². The molecule has 1 saturated heterocycles. The Morgan fingerprint density at radius 2 is 2.33 bits per heavy atom. The van der Waals surface area contributed by atoms with Crippen LogP contribution >= 0.6 is 11.6 Å². The summed E-state index contributed by atoms with van der Waals surface area (Å²) in [7, 11) is 0. The Kier molecular flexibility index (Phi) is 3.16. The van der Waals surface area contributed by atoms with Gasteiger partial charge in [0.2, 0.25) is 5.91 Å². The van der Waals surface area contributed by atoms with E-state index in [9.17, 15) is 4.79 Å². The molecule has 1 unspecified atom stereocenters. The number of carbonyl (C=O) groups is 1. The van der Waals surface area contributed by atoms with Crippen LogP contribution in [0.1, 0.15) is 17.5 Å². The molecule has 96 valence electrons. The molecule has 0 radical (unpaired) electrons. The Morgan fingerprint density at radius 3 is 3.11 bits per heavy atom. The van der Waals surface area contributed by atoms with Crippen molar-refractivity contribution in [2.24, 2.45) is 5.92 Å². The summed E-state index contributed by atoms with van der Waals surface area (Å²) in [5, 5.41) is 0. The van der Waals surface area contributed by atoms with Crippen LogP contribution in [0.4, 0.5) is 0 Å². The van der Waals surface area contributed by atoms with Crippen molar-refractivity contribution in [3.8, 4) is 5.75 Å². The summed E-state index contributed by atoms with van der Waals surface area (Å²) in [5.41, 5.74) is 2.44. The van der Waals surface area contributed by atoms with E-state index in [2.05, 4.69) is 6.07 Å². The van der Waals surface area contributed by atoms with E-state index >= 15 is 0 Å². The number of likely N-dealkylation sites (tertiary alicyclic amines) is 1. The van der Waals surface area contributed by atoms with Crippen LogP contribution in [0.5, 0.6) is 5.75 Å². The molecule has 3 nitrogen and oxygen atoms in total. The number of benzene rings is 1. The Hall–Kier alpha value is -1.22. The number of ether oxygens (including phenoxy) is 1. The van der Waals surface area contributed by atoms with E-state index < -0.39 is 0 Å². The predicted molar refractivity (Wildman–Crippen MR) is 69.9 cm³/mol. The maximum absolute atomic E-state index is 11.8. The highest BCUT2D eigenvalue weighted by atomic mass is 35.5. The molecule has 1 aromatic carbocycles. The van der Waals surface area contributed by atoms with Crippen molar-refractivity contribution in [2.75, 3.05) is 19.0 Å². The second-order valence-corrected chi connectivity index (χ2v) is 5.35. The third kappa shape index (κ3) is 2.19. The SMILES string of the molecule is O=C1CC(CCl)CN1Cc1ccc2c(c1)CCO2. The molecule has 0 spiro atoms. The number of amides is 1. The quantitative estimate of drug-likeness (QED) is 0.785. The smallest absolute Gasteiger partial charge is 0.223 e. The molecule has 18 heavy (non-hydrogen) atoms. The minimum atomic E-state index is 0.220. The molecule has 3 rings (SSSR count). The fraction of sp³-hybridized carbons (Fsp3) is 0.500. The zero-order valence-corrected chi connectivity index (χ0v) is 10.9. The molecular formula is C14H16ClNO2. The Labute approximate surface area is 112 Å². The Morgan fingerprint density at radius 1 is 1.44 bits per heavy atom. The first-order chi connectivity index (χ1) is 8.76. The van der Waals surface area contributed by atoms with Crippen LogP contribution in [-0.2, 0) is 17.8 Å². The maximum Gasteiger partial charge on any atom is 0.223 e. The summed E-state index contributed by atoms with van der Waals surface area (Å²) in [6.07, 6.45) is 1.57. The first-order valence-corrected chi connectivity index (χ1v) is 6.88. The van der Waals surface area contributed by atoms with Gasteiger partial charge < -0.3 is 9.64 Å². The van der Waals surface area contributed by atoms with Crippen molar-refractivity contribution in [3.63, 3.8) is 0 Å². The first kappa shape index (κ1) is 11.8. The molecule has 1 atom stereocenters. The van der Waals surface area contributed by atoms with Gasteiger partial charge in [-0.25, -0.2) is 0 Å². The molecule has 2 heterocycles. The predicted octanol–water partition coefficient (Wildman–Crippen LogP) is 2.21.